The Morgan fingerprint density at radius 2 is 2.16 bits per heavy atom. The van der Waals surface area contributed by atoms with E-state index < -0.39 is 5.97 Å². The molecule has 0 radical (unpaired) electrons. The number of hydrogen-bond acceptors (Lipinski definition) is 5. The number of carbonyl (C=O) groups is 1. The number of aromatic hydroxyl groups is 1. The molecule has 1 aromatic heterocycles. The van der Waals surface area contributed by atoms with Gasteiger partial charge in [0.2, 0.25) is 0 Å². The lowest BCUT2D eigenvalue weighted by Gasteiger charge is -2.06. The third-order valence-electron chi connectivity index (χ3n) is 2.61. The summed E-state index contributed by atoms with van der Waals surface area (Å²) in [6.07, 6.45) is 0. The topological polar surface area (TPSA) is 88.2 Å². The number of phenolic OH excluding ortho intramolecular Hbond substituents is 1. The van der Waals surface area contributed by atoms with E-state index in [2.05, 4.69) is 10.2 Å². The van der Waals surface area contributed by atoms with E-state index in [-0.39, 0.29) is 11.5 Å². The van der Waals surface area contributed by atoms with Crippen molar-refractivity contribution in [1.29, 1.82) is 0 Å². The number of nitrogens with zero attached hydrogens (tertiary/aromatic N) is 3. The summed E-state index contributed by atoms with van der Waals surface area (Å²) in [7, 11) is 1.78. The molecule has 0 spiro atoms. The van der Waals surface area contributed by atoms with Crippen molar-refractivity contribution in [3.8, 4) is 17.1 Å². The van der Waals surface area contributed by atoms with E-state index in [1.54, 1.807) is 29.8 Å². The summed E-state index contributed by atoms with van der Waals surface area (Å²) in [6, 6.07) is 5.00. The Labute approximate surface area is 114 Å². The van der Waals surface area contributed by atoms with Crippen molar-refractivity contribution in [2.24, 2.45) is 7.05 Å². The molecule has 19 heavy (non-hydrogen) atoms. The van der Waals surface area contributed by atoms with Crippen LogP contribution in [0.1, 0.15) is 5.56 Å². The Hall–Kier alpha value is -2.02. The summed E-state index contributed by atoms with van der Waals surface area (Å²) in [5.74, 6) is -0.106. The highest BCUT2D eigenvalue weighted by Crippen LogP contribution is 2.27. The number of hydrogen-bond donors (Lipinski definition) is 2. The zero-order chi connectivity index (χ0) is 14.0. The lowest BCUT2D eigenvalue weighted by molar-refractivity contribution is -0.133. The monoisotopic (exact) mass is 279 g/mol. The van der Waals surface area contributed by atoms with Gasteiger partial charge in [-0.2, -0.15) is 0 Å². The number of aromatic nitrogens is 3. The van der Waals surface area contributed by atoms with Crippen LogP contribution in [0.5, 0.6) is 5.75 Å². The molecular formula is C12H13N3O3S. The molecule has 100 valence electrons. The Bertz CT molecular complexity index is 625. The lowest BCUT2D eigenvalue weighted by atomic mass is 10.1. The van der Waals surface area contributed by atoms with Crippen LogP contribution in [-0.2, 0) is 11.8 Å². The number of rotatable bonds is 4. The van der Waals surface area contributed by atoms with Crippen LogP contribution in [0, 0.1) is 6.92 Å². The minimum Gasteiger partial charge on any atom is -0.508 e. The van der Waals surface area contributed by atoms with Gasteiger partial charge < -0.3 is 14.8 Å². The van der Waals surface area contributed by atoms with Gasteiger partial charge >= 0.3 is 5.97 Å². The van der Waals surface area contributed by atoms with Crippen molar-refractivity contribution in [3.05, 3.63) is 23.8 Å². The van der Waals surface area contributed by atoms with Gasteiger partial charge in [0.1, 0.15) is 5.75 Å². The first-order chi connectivity index (χ1) is 8.99. The summed E-state index contributed by atoms with van der Waals surface area (Å²) >= 11 is 1.12. The van der Waals surface area contributed by atoms with E-state index in [0.29, 0.717) is 11.0 Å². The van der Waals surface area contributed by atoms with Crippen molar-refractivity contribution < 1.29 is 15.0 Å². The van der Waals surface area contributed by atoms with Crippen LogP contribution < -0.4 is 0 Å². The smallest absolute Gasteiger partial charge is 0.313 e. The van der Waals surface area contributed by atoms with E-state index in [0.717, 1.165) is 22.9 Å². The van der Waals surface area contributed by atoms with Gasteiger partial charge in [-0.05, 0) is 30.7 Å². The molecule has 0 saturated heterocycles. The molecule has 1 heterocycles. The Kier molecular flexibility index (Phi) is 3.75. The van der Waals surface area contributed by atoms with Gasteiger partial charge in [0.05, 0.1) is 5.75 Å². The van der Waals surface area contributed by atoms with E-state index in [9.17, 15) is 9.90 Å². The molecule has 0 bridgehead atoms. The fourth-order valence-electron chi connectivity index (χ4n) is 1.70. The van der Waals surface area contributed by atoms with Crippen LogP contribution in [0.2, 0.25) is 0 Å². The molecule has 2 rings (SSSR count). The van der Waals surface area contributed by atoms with Crippen LogP contribution in [0.4, 0.5) is 0 Å². The highest BCUT2D eigenvalue weighted by Gasteiger charge is 2.14. The van der Waals surface area contributed by atoms with Crippen molar-refractivity contribution >= 4 is 17.7 Å². The number of aliphatic carboxylic acids is 1. The lowest BCUT2D eigenvalue weighted by Crippen LogP contribution is -2.01. The Morgan fingerprint density at radius 1 is 1.42 bits per heavy atom. The van der Waals surface area contributed by atoms with Gasteiger partial charge in [0.25, 0.3) is 0 Å². The maximum atomic E-state index is 10.5. The second kappa shape index (κ2) is 5.31. The summed E-state index contributed by atoms with van der Waals surface area (Å²) < 4.78 is 1.74. The van der Waals surface area contributed by atoms with E-state index in [4.69, 9.17) is 5.11 Å². The van der Waals surface area contributed by atoms with Gasteiger partial charge in [-0.25, -0.2) is 0 Å². The zero-order valence-corrected chi connectivity index (χ0v) is 11.3. The van der Waals surface area contributed by atoms with Gasteiger partial charge in [-0.3, -0.25) is 4.79 Å². The van der Waals surface area contributed by atoms with Crippen molar-refractivity contribution in [2.45, 2.75) is 12.1 Å². The molecule has 0 amide bonds. The third kappa shape index (κ3) is 2.87. The molecule has 0 aliphatic heterocycles. The Morgan fingerprint density at radius 3 is 2.79 bits per heavy atom. The number of phenols is 1. The van der Waals surface area contributed by atoms with E-state index >= 15 is 0 Å². The molecular weight excluding hydrogens is 266 g/mol. The normalized spacial score (nSPS) is 10.6. The minimum absolute atomic E-state index is 0.0550. The molecule has 2 aromatic rings. The fraction of sp³-hybridized carbons (Fsp3) is 0.250. The van der Waals surface area contributed by atoms with Gasteiger partial charge in [-0.15, -0.1) is 10.2 Å². The maximum Gasteiger partial charge on any atom is 0.313 e. The number of carboxylic acid groups (broad SMARTS) is 1. The predicted molar refractivity (Wildman–Crippen MR) is 71.2 cm³/mol. The fourth-order valence-corrected chi connectivity index (χ4v) is 2.33. The number of benzene rings is 1. The molecule has 7 heteroatoms. The molecule has 6 nitrogen and oxygen atoms in total. The predicted octanol–water partition coefficient (Wildman–Crippen LogP) is 1.67. The number of aryl methyl sites for hydroxylation is 1. The second-order valence-electron chi connectivity index (χ2n) is 4.05. The highest BCUT2D eigenvalue weighted by molar-refractivity contribution is 7.99. The molecule has 0 aliphatic carbocycles. The summed E-state index contributed by atoms with van der Waals surface area (Å²) in [4.78, 5) is 10.5. The standard InChI is InChI=1S/C12H13N3O3S/c1-7-5-8(16)3-4-9(7)11-13-14-12(15(11)2)19-6-10(17)18/h3-5,16H,6H2,1-2H3,(H,17,18). The van der Waals surface area contributed by atoms with Crippen LogP contribution in [0.25, 0.3) is 11.4 Å². The second-order valence-corrected chi connectivity index (χ2v) is 4.99. The molecule has 0 fully saturated rings. The maximum absolute atomic E-state index is 10.5. The molecule has 0 unspecified atom stereocenters. The Balaban J connectivity index is 2.33. The number of thioether (sulfide) groups is 1. The summed E-state index contributed by atoms with van der Waals surface area (Å²) in [5, 5.41) is 26.6. The van der Waals surface area contributed by atoms with Crippen LogP contribution in [-0.4, -0.2) is 36.7 Å². The largest absolute Gasteiger partial charge is 0.508 e. The van der Waals surface area contributed by atoms with Crippen molar-refractivity contribution in [3.63, 3.8) is 0 Å². The minimum atomic E-state index is -0.893. The first kappa shape index (κ1) is 13.4. The van der Waals surface area contributed by atoms with E-state index in [1.807, 2.05) is 6.92 Å². The van der Waals surface area contributed by atoms with Crippen molar-refractivity contribution in [2.75, 3.05) is 5.75 Å². The zero-order valence-electron chi connectivity index (χ0n) is 10.5. The molecule has 1 aromatic carbocycles. The quantitative estimate of drug-likeness (QED) is 0.828. The van der Waals surface area contributed by atoms with Gasteiger partial charge in [0, 0.05) is 12.6 Å². The van der Waals surface area contributed by atoms with Crippen molar-refractivity contribution in [1.82, 2.24) is 14.8 Å². The molecule has 2 N–H and O–H groups in total. The molecule has 0 aliphatic rings. The van der Waals surface area contributed by atoms with Gasteiger partial charge in [-0.1, -0.05) is 11.8 Å². The van der Waals surface area contributed by atoms with Crippen LogP contribution >= 0.6 is 11.8 Å². The van der Waals surface area contributed by atoms with Crippen LogP contribution in [0.3, 0.4) is 0 Å². The first-order valence-corrected chi connectivity index (χ1v) is 6.51. The summed E-state index contributed by atoms with van der Waals surface area (Å²) in [6.45, 7) is 1.87. The average Bonchev–Trinajstić information content (AvgIpc) is 2.68. The van der Waals surface area contributed by atoms with Gasteiger partial charge in [0.15, 0.2) is 11.0 Å². The number of carboxylic acids is 1. The third-order valence-corrected chi connectivity index (χ3v) is 3.62. The summed E-state index contributed by atoms with van der Waals surface area (Å²) in [5.41, 5.74) is 1.74. The molecule has 0 atom stereocenters. The first-order valence-electron chi connectivity index (χ1n) is 5.53. The van der Waals surface area contributed by atoms with Crippen LogP contribution in [0.15, 0.2) is 23.4 Å². The molecule has 0 saturated carbocycles. The average molecular weight is 279 g/mol. The van der Waals surface area contributed by atoms with E-state index in [1.165, 1.54) is 0 Å². The SMILES string of the molecule is Cc1cc(O)ccc1-c1nnc(SCC(=O)O)n1C. The highest BCUT2D eigenvalue weighted by atomic mass is 32.2.